The Kier molecular flexibility index (Phi) is 4.93. The zero-order valence-electron chi connectivity index (χ0n) is 15.1. The van der Waals surface area contributed by atoms with Gasteiger partial charge in [0.15, 0.2) is 0 Å². The topological polar surface area (TPSA) is 30.5 Å². The van der Waals surface area contributed by atoms with Crippen molar-refractivity contribution in [3.63, 3.8) is 0 Å². The van der Waals surface area contributed by atoms with Crippen LogP contribution in [0.25, 0.3) is 5.57 Å². The largest absolute Gasteiger partial charge is 0.493 e. The van der Waals surface area contributed by atoms with Gasteiger partial charge < -0.3 is 14.8 Å². The summed E-state index contributed by atoms with van der Waals surface area (Å²) >= 11 is 0. The van der Waals surface area contributed by atoms with Crippen LogP contribution in [0, 0.1) is 11.7 Å². The first-order chi connectivity index (χ1) is 12.7. The number of nitrogens with one attached hydrogen (secondary N) is 1. The third-order valence-corrected chi connectivity index (χ3v) is 4.88. The molecule has 2 aliphatic rings. The maximum absolute atomic E-state index is 13.4. The van der Waals surface area contributed by atoms with Crippen LogP contribution < -0.4 is 14.8 Å². The standard InChI is InChI=1S/C22H24FNO2/c1-2-24-12-17-14-26-21-10-9-19(25-13-15-3-4-15)11-20(21)22(17)16-5-7-18(23)8-6-16/h5-11,15,24H,2-4,12-14H2,1H3. The van der Waals surface area contributed by atoms with E-state index in [0.29, 0.717) is 12.5 Å². The molecule has 0 atom stereocenters. The van der Waals surface area contributed by atoms with E-state index in [4.69, 9.17) is 9.47 Å². The van der Waals surface area contributed by atoms with E-state index < -0.39 is 0 Å². The minimum Gasteiger partial charge on any atom is -0.493 e. The van der Waals surface area contributed by atoms with Crippen LogP contribution in [-0.4, -0.2) is 26.3 Å². The smallest absolute Gasteiger partial charge is 0.127 e. The Morgan fingerprint density at radius 3 is 2.69 bits per heavy atom. The fourth-order valence-corrected chi connectivity index (χ4v) is 3.24. The second-order valence-corrected chi connectivity index (χ2v) is 6.97. The van der Waals surface area contributed by atoms with E-state index in [-0.39, 0.29) is 5.82 Å². The van der Waals surface area contributed by atoms with Crippen molar-refractivity contribution in [2.45, 2.75) is 19.8 Å². The number of likely N-dealkylation sites (N-methyl/N-ethyl adjacent to an activating group) is 1. The van der Waals surface area contributed by atoms with Gasteiger partial charge in [-0.1, -0.05) is 19.1 Å². The van der Waals surface area contributed by atoms with Crippen LogP contribution in [0.4, 0.5) is 4.39 Å². The molecule has 0 amide bonds. The summed E-state index contributed by atoms with van der Waals surface area (Å²) in [6.07, 6.45) is 2.53. The third-order valence-electron chi connectivity index (χ3n) is 4.88. The van der Waals surface area contributed by atoms with Gasteiger partial charge in [0, 0.05) is 12.1 Å². The molecular weight excluding hydrogens is 329 g/mol. The van der Waals surface area contributed by atoms with Crippen molar-refractivity contribution in [2.24, 2.45) is 5.92 Å². The lowest BCUT2D eigenvalue weighted by Gasteiger charge is -2.25. The van der Waals surface area contributed by atoms with Crippen LogP contribution >= 0.6 is 0 Å². The van der Waals surface area contributed by atoms with E-state index in [2.05, 4.69) is 18.3 Å². The molecule has 26 heavy (non-hydrogen) atoms. The highest BCUT2D eigenvalue weighted by Crippen LogP contribution is 2.40. The fraction of sp³-hybridized carbons (Fsp3) is 0.364. The molecule has 0 saturated heterocycles. The molecule has 1 heterocycles. The molecular formula is C22H24FNO2. The summed E-state index contributed by atoms with van der Waals surface area (Å²) in [6, 6.07) is 12.7. The first kappa shape index (κ1) is 17.1. The Bertz CT molecular complexity index is 809. The summed E-state index contributed by atoms with van der Waals surface area (Å²) in [6.45, 7) is 5.03. The zero-order valence-corrected chi connectivity index (χ0v) is 15.1. The van der Waals surface area contributed by atoms with Gasteiger partial charge in [-0.25, -0.2) is 4.39 Å². The third kappa shape index (κ3) is 3.75. The van der Waals surface area contributed by atoms with Crippen molar-refractivity contribution in [3.05, 3.63) is 65.0 Å². The number of halogens is 1. The first-order valence-corrected chi connectivity index (χ1v) is 9.33. The van der Waals surface area contributed by atoms with Gasteiger partial charge in [-0.2, -0.15) is 0 Å². The first-order valence-electron chi connectivity index (χ1n) is 9.33. The number of ether oxygens (including phenoxy) is 2. The minimum atomic E-state index is -0.226. The predicted octanol–water partition coefficient (Wildman–Crippen LogP) is 4.42. The molecule has 1 aliphatic heterocycles. The average molecular weight is 353 g/mol. The lowest BCUT2D eigenvalue weighted by molar-refractivity contribution is 0.297. The summed E-state index contributed by atoms with van der Waals surface area (Å²) in [4.78, 5) is 0. The molecule has 0 aromatic heterocycles. The molecule has 1 saturated carbocycles. The van der Waals surface area contributed by atoms with E-state index in [1.54, 1.807) is 0 Å². The Hall–Kier alpha value is -2.33. The summed E-state index contributed by atoms with van der Waals surface area (Å²) in [5.74, 6) is 2.20. The quantitative estimate of drug-likeness (QED) is 0.799. The van der Waals surface area contributed by atoms with E-state index in [1.165, 1.54) is 30.5 Å². The molecule has 0 unspecified atom stereocenters. The molecule has 1 fully saturated rings. The van der Waals surface area contributed by atoms with Crippen LogP contribution in [0.3, 0.4) is 0 Å². The highest BCUT2D eigenvalue weighted by molar-refractivity contribution is 5.87. The highest BCUT2D eigenvalue weighted by Gasteiger charge is 2.24. The van der Waals surface area contributed by atoms with E-state index in [1.807, 2.05) is 24.3 Å². The molecule has 0 bridgehead atoms. The van der Waals surface area contributed by atoms with E-state index >= 15 is 0 Å². The van der Waals surface area contributed by atoms with Gasteiger partial charge in [0.25, 0.3) is 0 Å². The number of hydrogen-bond donors (Lipinski definition) is 1. The molecule has 1 N–H and O–H groups in total. The van der Waals surface area contributed by atoms with Gasteiger partial charge in [-0.05, 0) is 72.3 Å². The van der Waals surface area contributed by atoms with Gasteiger partial charge in [0.2, 0.25) is 0 Å². The maximum atomic E-state index is 13.4. The van der Waals surface area contributed by atoms with Gasteiger partial charge >= 0.3 is 0 Å². The maximum Gasteiger partial charge on any atom is 0.127 e. The van der Waals surface area contributed by atoms with Crippen LogP contribution in [0.1, 0.15) is 30.9 Å². The molecule has 0 radical (unpaired) electrons. The molecule has 2 aromatic rings. The SMILES string of the molecule is CCNCC1=C(c2ccc(F)cc2)c2cc(OCC3CC3)ccc2OC1. The summed E-state index contributed by atoms with van der Waals surface area (Å²) in [5.41, 5.74) is 4.31. The Morgan fingerprint density at radius 1 is 1.15 bits per heavy atom. The summed E-state index contributed by atoms with van der Waals surface area (Å²) in [5, 5.41) is 3.38. The monoisotopic (exact) mass is 353 g/mol. The van der Waals surface area contributed by atoms with Gasteiger partial charge in [0.05, 0.1) is 6.61 Å². The zero-order chi connectivity index (χ0) is 17.9. The Morgan fingerprint density at radius 2 is 1.96 bits per heavy atom. The number of fused-ring (bicyclic) bond motifs is 1. The molecule has 2 aromatic carbocycles. The lowest BCUT2D eigenvalue weighted by Crippen LogP contribution is -2.23. The van der Waals surface area contributed by atoms with E-state index in [0.717, 1.165) is 47.9 Å². The van der Waals surface area contributed by atoms with Crippen LogP contribution in [-0.2, 0) is 0 Å². The number of hydrogen-bond acceptors (Lipinski definition) is 3. The summed E-state index contributed by atoms with van der Waals surface area (Å²) < 4.78 is 25.4. The Balaban J connectivity index is 1.72. The number of rotatable bonds is 7. The predicted molar refractivity (Wildman–Crippen MR) is 101 cm³/mol. The van der Waals surface area contributed by atoms with Gasteiger partial charge in [-0.15, -0.1) is 0 Å². The molecule has 136 valence electrons. The number of benzene rings is 2. The van der Waals surface area contributed by atoms with Crippen molar-refractivity contribution < 1.29 is 13.9 Å². The van der Waals surface area contributed by atoms with Crippen molar-refractivity contribution in [1.29, 1.82) is 0 Å². The van der Waals surface area contributed by atoms with Crippen molar-refractivity contribution in [2.75, 3.05) is 26.3 Å². The van der Waals surface area contributed by atoms with Gasteiger partial charge in [-0.3, -0.25) is 0 Å². The highest BCUT2D eigenvalue weighted by atomic mass is 19.1. The van der Waals surface area contributed by atoms with Crippen LogP contribution in [0.2, 0.25) is 0 Å². The normalized spacial score (nSPS) is 16.2. The van der Waals surface area contributed by atoms with Crippen molar-refractivity contribution >= 4 is 5.57 Å². The molecule has 4 rings (SSSR count). The average Bonchev–Trinajstić information content (AvgIpc) is 3.49. The van der Waals surface area contributed by atoms with E-state index in [9.17, 15) is 4.39 Å². The van der Waals surface area contributed by atoms with Gasteiger partial charge in [0.1, 0.15) is 23.9 Å². The molecule has 1 aliphatic carbocycles. The van der Waals surface area contributed by atoms with Crippen molar-refractivity contribution in [1.82, 2.24) is 5.32 Å². The molecule has 4 heteroatoms. The molecule has 3 nitrogen and oxygen atoms in total. The lowest BCUT2D eigenvalue weighted by atomic mass is 9.90. The minimum absolute atomic E-state index is 0.226. The van der Waals surface area contributed by atoms with Crippen LogP contribution in [0.5, 0.6) is 11.5 Å². The van der Waals surface area contributed by atoms with Crippen LogP contribution in [0.15, 0.2) is 48.0 Å². The fourth-order valence-electron chi connectivity index (χ4n) is 3.24. The summed E-state index contributed by atoms with van der Waals surface area (Å²) in [7, 11) is 0. The van der Waals surface area contributed by atoms with Crippen molar-refractivity contribution in [3.8, 4) is 11.5 Å². The Labute approximate surface area is 153 Å². The second-order valence-electron chi connectivity index (χ2n) is 6.97. The second kappa shape index (κ2) is 7.50. The molecule has 0 spiro atoms.